The number of likely N-dealkylation sites (tertiary alicyclic amines) is 1. The molecule has 0 amide bonds. The van der Waals surface area contributed by atoms with Crippen molar-refractivity contribution in [3.63, 3.8) is 0 Å². The lowest BCUT2D eigenvalue weighted by atomic mass is 9.93. The van der Waals surface area contributed by atoms with Crippen LogP contribution in [-0.2, 0) is 11.3 Å². The first-order valence-corrected chi connectivity index (χ1v) is 12.7. The van der Waals surface area contributed by atoms with Gasteiger partial charge in [0.1, 0.15) is 5.82 Å². The number of carboxylic acids is 1. The first-order chi connectivity index (χ1) is 17.5. The van der Waals surface area contributed by atoms with Gasteiger partial charge in [-0.2, -0.15) is 0 Å². The highest BCUT2D eigenvalue weighted by molar-refractivity contribution is 6.04. The topological polar surface area (TPSA) is 75.0 Å². The molecule has 1 aromatic heterocycles. The van der Waals surface area contributed by atoms with Gasteiger partial charge in [0.2, 0.25) is 0 Å². The summed E-state index contributed by atoms with van der Waals surface area (Å²) in [6.07, 6.45) is 3.18. The van der Waals surface area contributed by atoms with Gasteiger partial charge in [0.15, 0.2) is 0 Å². The summed E-state index contributed by atoms with van der Waals surface area (Å²) in [5.74, 6) is -1.06. The number of hydrogen-bond acceptors (Lipinski definition) is 5. The third kappa shape index (κ3) is 5.07. The van der Waals surface area contributed by atoms with E-state index in [0.29, 0.717) is 17.0 Å². The number of nitrogens with zero attached hydrogens (tertiary/aromatic N) is 3. The van der Waals surface area contributed by atoms with E-state index in [0.717, 1.165) is 65.2 Å². The molecule has 3 aromatic rings. The Morgan fingerprint density at radius 2 is 1.61 bits per heavy atom. The van der Waals surface area contributed by atoms with Gasteiger partial charge in [0, 0.05) is 30.4 Å². The summed E-state index contributed by atoms with van der Waals surface area (Å²) in [5, 5.41) is 10.9. The van der Waals surface area contributed by atoms with Crippen LogP contribution in [0.1, 0.15) is 35.3 Å². The van der Waals surface area contributed by atoms with Crippen molar-refractivity contribution in [1.82, 2.24) is 14.4 Å². The molecule has 0 aliphatic carbocycles. The molecule has 2 aromatic carbocycles. The average molecular weight is 494 g/mol. The van der Waals surface area contributed by atoms with Crippen LogP contribution in [0.2, 0.25) is 0 Å². The molecular formula is C28H32FN3O4. The van der Waals surface area contributed by atoms with Crippen LogP contribution in [-0.4, -0.2) is 71.4 Å². The smallest absolute Gasteiger partial charge is 0.338 e. The number of rotatable bonds is 7. The zero-order valence-electron chi connectivity index (χ0n) is 20.4. The third-order valence-corrected chi connectivity index (χ3v) is 7.53. The lowest BCUT2D eigenvalue weighted by molar-refractivity contribution is 0.0334. The van der Waals surface area contributed by atoms with E-state index in [9.17, 15) is 19.1 Å². The van der Waals surface area contributed by atoms with Crippen molar-refractivity contribution in [3.05, 3.63) is 76.0 Å². The normalized spacial score (nSPS) is 18.0. The van der Waals surface area contributed by atoms with Crippen LogP contribution in [0.25, 0.3) is 16.5 Å². The van der Waals surface area contributed by atoms with Crippen LogP contribution < -0.4 is 5.56 Å². The summed E-state index contributed by atoms with van der Waals surface area (Å²) in [7, 11) is 0. The maximum absolute atomic E-state index is 14.9. The van der Waals surface area contributed by atoms with Crippen molar-refractivity contribution in [2.45, 2.75) is 25.8 Å². The summed E-state index contributed by atoms with van der Waals surface area (Å²) >= 11 is 0. The Kier molecular flexibility index (Phi) is 7.46. The predicted molar refractivity (Wildman–Crippen MR) is 136 cm³/mol. The molecule has 190 valence electrons. The first-order valence-electron chi connectivity index (χ1n) is 12.7. The Bertz CT molecular complexity index is 1290. The fourth-order valence-electron chi connectivity index (χ4n) is 5.51. The highest BCUT2D eigenvalue weighted by Crippen LogP contribution is 2.27. The number of benzene rings is 2. The van der Waals surface area contributed by atoms with Crippen LogP contribution in [0, 0.1) is 11.7 Å². The number of carbonyl (C=O) groups is 1. The van der Waals surface area contributed by atoms with Gasteiger partial charge < -0.3 is 9.84 Å². The fourth-order valence-corrected chi connectivity index (χ4v) is 5.51. The molecule has 0 unspecified atom stereocenters. The van der Waals surface area contributed by atoms with Gasteiger partial charge in [-0.3, -0.25) is 19.2 Å². The zero-order valence-corrected chi connectivity index (χ0v) is 20.4. The van der Waals surface area contributed by atoms with Crippen LogP contribution >= 0.6 is 0 Å². The van der Waals surface area contributed by atoms with Crippen LogP contribution in [0.4, 0.5) is 4.39 Å². The summed E-state index contributed by atoms with van der Waals surface area (Å²) in [6, 6.07) is 12.7. The minimum Gasteiger partial charge on any atom is -0.478 e. The Hall–Kier alpha value is -3.07. The second-order valence-corrected chi connectivity index (χ2v) is 9.73. The number of aromatic carboxylic acids is 1. The maximum Gasteiger partial charge on any atom is 0.338 e. The predicted octanol–water partition coefficient (Wildman–Crippen LogP) is 3.76. The van der Waals surface area contributed by atoms with Crippen molar-refractivity contribution in [2.75, 3.05) is 45.9 Å². The standard InChI is InChI=1S/C28H32FN3O4/c29-23-7-3-4-8-24(23)32-25(26(28(34)35)21-5-1-2-6-22(21)27(32)33)19-31-13-10-20(11-14-31)9-12-30-15-17-36-18-16-30/h1-8,20H,9-19H2,(H,34,35). The van der Waals surface area contributed by atoms with Crippen LogP contribution in [0.3, 0.4) is 0 Å². The molecule has 2 aliphatic heterocycles. The van der Waals surface area contributed by atoms with Crippen LogP contribution in [0.5, 0.6) is 0 Å². The molecule has 0 saturated carbocycles. The summed E-state index contributed by atoms with van der Waals surface area (Å²) in [4.78, 5) is 30.7. The summed E-state index contributed by atoms with van der Waals surface area (Å²) in [6.45, 7) is 6.56. The minimum absolute atomic E-state index is 0.0582. The zero-order chi connectivity index (χ0) is 25.1. The number of carboxylic acid groups (broad SMARTS) is 1. The molecule has 8 heteroatoms. The molecule has 3 heterocycles. The average Bonchev–Trinajstić information content (AvgIpc) is 2.90. The van der Waals surface area contributed by atoms with Crippen molar-refractivity contribution < 1.29 is 19.0 Å². The number of piperidine rings is 1. The van der Waals surface area contributed by atoms with Gasteiger partial charge in [-0.15, -0.1) is 0 Å². The molecular weight excluding hydrogens is 461 g/mol. The number of pyridine rings is 1. The summed E-state index contributed by atoms with van der Waals surface area (Å²) in [5.41, 5.74) is 0.0493. The van der Waals surface area contributed by atoms with E-state index >= 15 is 0 Å². The minimum atomic E-state index is -1.12. The molecule has 1 N–H and O–H groups in total. The van der Waals surface area contributed by atoms with Gasteiger partial charge in [0.25, 0.3) is 5.56 Å². The number of halogens is 1. The van der Waals surface area contributed by atoms with E-state index < -0.39 is 17.3 Å². The van der Waals surface area contributed by atoms with Gasteiger partial charge in [-0.05, 0) is 63.0 Å². The van der Waals surface area contributed by atoms with Gasteiger partial charge in [-0.1, -0.05) is 30.3 Å². The molecule has 7 nitrogen and oxygen atoms in total. The van der Waals surface area contributed by atoms with E-state index in [2.05, 4.69) is 9.80 Å². The molecule has 0 spiro atoms. The van der Waals surface area contributed by atoms with Crippen molar-refractivity contribution >= 4 is 16.7 Å². The van der Waals surface area contributed by atoms with Crippen molar-refractivity contribution in [2.24, 2.45) is 5.92 Å². The molecule has 5 rings (SSSR count). The number of fused-ring (bicyclic) bond motifs is 1. The van der Waals surface area contributed by atoms with Crippen molar-refractivity contribution in [3.8, 4) is 5.69 Å². The SMILES string of the molecule is O=C(O)c1c(CN2CCC(CCN3CCOCC3)CC2)n(-c2ccccc2F)c(=O)c2ccccc12. The Balaban J connectivity index is 1.43. The Morgan fingerprint density at radius 1 is 0.944 bits per heavy atom. The Morgan fingerprint density at radius 3 is 2.31 bits per heavy atom. The Labute approximate surface area is 209 Å². The van der Waals surface area contributed by atoms with E-state index in [1.54, 1.807) is 36.4 Å². The van der Waals surface area contributed by atoms with E-state index in [-0.39, 0.29) is 23.2 Å². The highest BCUT2D eigenvalue weighted by atomic mass is 19.1. The maximum atomic E-state index is 14.9. The first kappa shape index (κ1) is 24.6. The lowest BCUT2D eigenvalue weighted by Gasteiger charge is -2.34. The van der Waals surface area contributed by atoms with E-state index in [4.69, 9.17) is 4.74 Å². The van der Waals surface area contributed by atoms with E-state index in [1.807, 2.05) is 0 Å². The van der Waals surface area contributed by atoms with Crippen molar-refractivity contribution in [1.29, 1.82) is 0 Å². The molecule has 0 bridgehead atoms. The molecule has 0 atom stereocenters. The fraction of sp³-hybridized carbons (Fsp3) is 0.429. The van der Waals surface area contributed by atoms with Gasteiger partial charge in [0.05, 0.1) is 30.2 Å². The quantitative estimate of drug-likeness (QED) is 0.540. The number of morpholine rings is 1. The third-order valence-electron chi connectivity index (χ3n) is 7.53. The monoisotopic (exact) mass is 493 g/mol. The largest absolute Gasteiger partial charge is 0.478 e. The van der Waals surface area contributed by atoms with Crippen LogP contribution in [0.15, 0.2) is 53.3 Å². The summed E-state index contributed by atoms with van der Waals surface area (Å²) < 4.78 is 21.6. The van der Waals surface area contributed by atoms with Gasteiger partial charge in [-0.25, -0.2) is 9.18 Å². The van der Waals surface area contributed by atoms with E-state index in [1.165, 1.54) is 16.7 Å². The molecule has 36 heavy (non-hydrogen) atoms. The number of para-hydroxylation sites is 1. The molecule has 0 radical (unpaired) electrons. The molecule has 2 aliphatic rings. The molecule has 2 fully saturated rings. The number of ether oxygens (including phenoxy) is 1. The highest BCUT2D eigenvalue weighted by Gasteiger charge is 2.27. The molecule has 2 saturated heterocycles. The number of aromatic nitrogens is 1. The van der Waals surface area contributed by atoms with Gasteiger partial charge >= 0.3 is 5.97 Å². The lowest BCUT2D eigenvalue weighted by Crippen LogP contribution is -2.39. The number of hydrogen-bond donors (Lipinski definition) is 1. The second kappa shape index (κ2) is 10.9. The second-order valence-electron chi connectivity index (χ2n) is 9.73.